The molecule has 0 atom stereocenters. The first-order valence-corrected chi connectivity index (χ1v) is 11.2. The van der Waals surface area contributed by atoms with Gasteiger partial charge in [0.1, 0.15) is 0 Å². The van der Waals surface area contributed by atoms with Crippen LogP contribution in [0.5, 0.6) is 0 Å². The largest absolute Gasteiger partial charge is 0.368 e. The Balaban J connectivity index is 1.50. The van der Waals surface area contributed by atoms with Crippen LogP contribution < -0.4 is 10.2 Å². The summed E-state index contributed by atoms with van der Waals surface area (Å²) in [4.78, 5) is 28.5. The number of nitrogens with zero attached hydrogens (tertiary/aromatic N) is 2. The molecule has 1 N–H and O–H groups in total. The van der Waals surface area contributed by atoms with Gasteiger partial charge in [0.2, 0.25) is 11.8 Å². The van der Waals surface area contributed by atoms with E-state index in [1.807, 2.05) is 54.3 Å². The van der Waals surface area contributed by atoms with Gasteiger partial charge in [0.15, 0.2) is 0 Å². The lowest BCUT2D eigenvalue weighted by Crippen LogP contribution is -2.48. The maximum Gasteiger partial charge on any atom is 0.248 e. The van der Waals surface area contributed by atoms with Crippen molar-refractivity contribution < 1.29 is 9.59 Å². The molecule has 0 aromatic heterocycles. The van der Waals surface area contributed by atoms with Crippen molar-refractivity contribution in [2.75, 3.05) is 36.4 Å². The molecule has 1 saturated heterocycles. The summed E-state index contributed by atoms with van der Waals surface area (Å²) in [7, 11) is 0. The van der Waals surface area contributed by atoms with Gasteiger partial charge in [-0.3, -0.25) is 9.59 Å². The molecular formula is C26H33N3O2. The van der Waals surface area contributed by atoms with Gasteiger partial charge in [0.25, 0.3) is 0 Å². The second-order valence-electron chi connectivity index (χ2n) is 8.31. The van der Waals surface area contributed by atoms with Crippen molar-refractivity contribution >= 4 is 29.3 Å². The molecule has 2 amide bonds. The summed E-state index contributed by atoms with van der Waals surface area (Å²) in [6.45, 7) is 9.56. The smallest absolute Gasteiger partial charge is 0.248 e. The molecule has 5 heteroatoms. The molecule has 0 aliphatic carbocycles. The van der Waals surface area contributed by atoms with Gasteiger partial charge in [-0.2, -0.15) is 0 Å². The summed E-state index contributed by atoms with van der Waals surface area (Å²) in [5, 5.41) is 2.91. The summed E-state index contributed by atoms with van der Waals surface area (Å²) in [5.41, 5.74) is 4.17. The van der Waals surface area contributed by atoms with Crippen LogP contribution in [0, 0.1) is 0 Å². The lowest BCUT2D eigenvalue weighted by Gasteiger charge is -2.36. The average Bonchev–Trinajstić information content (AvgIpc) is 2.79. The van der Waals surface area contributed by atoms with Crippen molar-refractivity contribution in [3.8, 4) is 0 Å². The molecule has 31 heavy (non-hydrogen) atoms. The average molecular weight is 420 g/mol. The van der Waals surface area contributed by atoms with Crippen LogP contribution in [0.25, 0.3) is 6.08 Å². The molecule has 1 heterocycles. The first-order valence-electron chi connectivity index (χ1n) is 11.2. The molecular weight excluding hydrogens is 386 g/mol. The SMILES string of the molecule is CCCC(=O)N1CCN(c2ccc(NC(=O)/C=C/c3ccc(C(C)C)cc3)cc2)CC1. The molecule has 0 radical (unpaired) electrons. The van der Waals surface area contributed by atoms with E-state index in [4.69, 9.17) is 0 Å². The number of hydrogen-bond acceptors (Lipinski definition) is 3. The van der Waals surface area contributed by atoms with Gasteiger partial charge in [-0.1, -0.05) is 45.0 Å². The second-order valence-corrected chi connectivity index (χ2v) is 8.31. The highest BCUT2D eigenvalue weighted by Crippen LogP contribution is 2.20. The summed E-state index contributed by atoms with van der Waals surface area (Å²) >= 11 is 0. The molecule has 2 aromatic carbocycles. The summed E-state index contributed by atoms with van der Waals surface area (Å²) < 4.78 is 0. The Labute approximate surface area is 185 Å². The summed E-state index contributed by atoms with van der Waals surface area (Å²) in [5.74, 6) is 0.601. The zero-order valence-electron chi connectivity index (χ0n) is 18.8. The maximum atomic E-state index is 12.3. The maximum absolute atomic E-state index is 12.3. The Kier molecular flexibility index (Phi) is 7.88. The number of carbonyl (C=O) groups excluding carboxylic acids is 2. The predicted octanol–water partition coefficient (Wildman–Crippen LogP) is 4.91. The molecule has 0 saturated carbocycles. The van der Waals surface area contributed by atoms with E-state index in [0.717, 1.165) is 49.5 Å². The van der Waals surface area contributed by atoms with Crippen molar-refractivity contribution in [1.82, 2.24) is 4.90 Å². The number of anilines is 2. The van der Waals surface area contributed by atoms with Crippen LogP contribution in [-0.2, 0) is 9.59 Å². The second kappa shape index (κ2) is 10.8. The van der Waals surface area contributed by atoms with E-state index in [1.165, 1.54) is 5.56 Å². The van der Waals surface area contributed by atoms with Crippen molar-refractivity contribution in [3.63, 3.8) is 0 Å². The minimum atomic E-state index is -0.149. The van der Waals surface area contributed by atoms with E-state index in [0.29, 0.717) is 12.3 Å². The molecule has 2 aromatic rings. The molecule has 1 aliphatic heterocycles. The van der Waals surface area contributed by atoms with Gasteiger partial charge in [0.05, 0.1) is 0 Å². The minimum absolute atomic E-state index is 0.149. The fourth-order valence-electron chi connectivity index (χ4n) is 3.69. The van der Waals surface area contributed by atoms with Crippen LogP contribution in [0.2, 0.25) is 0 Å². The number of hydrogen-bond donors (Lipinski definition) is 1. The summed E-state index contributed by atoms with van der Waals surface area (Å²) in [6.07, 6.45) is 4.91. The van der Waals surface area contributed by atoms with Crippen molar-refractivity contribution in [2.24, 2.45) is 0 Å². The van der Waals surface area contributed by atoms with E-state index >= 15 is 0 Å². The fourth-order valence-corrected chi connectivity index (χ4v) is 3.69. The van der Waals surface area contributed by atoms with Gasteiger partial charge in [-0.25, -0.2) is 0 Å². The van der Waals surface area contributed by atoms with Gasteiger partial charge < -0.3 is 15.1 Å². The van der Waals surface area contributed by atoms with E-state index in [1.54, 1.807) is 6.08 Å². The minimum Gasteiger partial charge on any atom is -0.368 e. The van der Waals surface area contributed by atoms with Crippen LogP contribution in [0.3, 0.4) is 0 Å². The molecule has 3 rings (SSSR count). The van der Waals surface area contributed by atoms with Crippen molar-refractivity contribution in [1.29, 1.82) is 0 Å². The van der Waals surface area contributed by atoms with Crippen LogP contribution in [0.4, 0.5) is 11.4 Å². The first-order chi connectivity index (χ1) is 15.0. The van der Waals surface area contributed by atoms with E-state index in [-0.39, 0.29) is 11.8 Å². The van der Waals surface area contributed by atoms with Crippen LogP contribution in [-0.4, -0.2) is 42.9 Å². The highest BCUT2D eigenvalue weighted by molar-refractivity contribution is 6.02. The zero-order valence-corrected chi connectivity index (χ0v) is 18.8. The highest BCUT2D eigenvalue weighted by atomic mass is 16.2. The third-order valence-corrected chi connectivity index (χ3v) is 5.63. The predicted molar refractivity (Wildman–Crippen MR) is 128 cm³/mol. The molecule has 164 valence electrons. The van der Waals surface area contributed by atoms with E-state index < -0.39 is 0 Å². The normalized spacial score (nSPS) is 14.3. The Bertz CT molecular complexity index is 893. The third kappa shape index (κ3) is 6.45. The van der Waals surface area contributed by atoms with E-state index in [9.17, 15) is 9.59 Å². The molecule has 0 bridgehead atoms. The van der Waals surface area contributed by atoms with E-state index in [2.05, 4.69) is 36.2 Å². The number of amides is 2. The third-order valence-electron chi connectivity index (χ3n) is 5.63. The highest BCUT2D eigenvalue weighted by Gasteiger charge is 2.20. The molecule has 5 nitrogen and oxygen atoms in total. The standard InChI is InChI=1S/C26H33N3O2/c1-4-5-26(31)29-18-16-28(17-19-29)24-13-11-23(12-14-24)27-25(30)15-8-21-6-9-22(10-7-21)20(2)3/h6-15,20H,4-5,16-19H2,1-3H3,(H,27,30)/b15-8+. The Hall–Kier alpha value is -3.08. The van der Waals surface area contributed by atoms with Crippen LogP contribution in [0.15, 0.2) is 54.6 Å². The monoisotopic (exact) mass is 419 g/mol. The first kappa shape index (κ1) is 22.6. The number of rotatable bonds is 7. The topological polar surface area (TPSA) is 52.7 Å². The van der Waals surface area contributed by atoms with Gasteiger partial charge in [0, 0.05) is 50.1 Å². The van der Waals surface area contributed by atoms with Gasteiger partial charge in [-0.05, 0) is 53.8 Å². The Morgan fingerprint density at radius 3 is 2.19 bits per heavy atom. The Morgan fingerprint density at radius 1 is 0.968 bits per heavy atom. The molecule has 0 unspecified atom stereocenters. The van der Waals surface area contributed by atoms with Gasteiger partial charge >= 0.3 is 0 Å². The molecule has 1 aliphatic rings. The number of piperazine rings is 1. The zero-order chi connectivity index (χ0) is 22.2. The number of benzene rings is 2. The summed E-state index contributed by atoms with van der Waals surface area (Å²) in [6, 6.07) is 16.1. The van der Waals surface area contributed by atoms with Crippen LogP contribution in [0.1, 0.15) is 50.7 Å². The number of carbonyl (C=O) groups is 2. The lowest BCUT2D eigenvalue weighted by atomic mass is 10.0. The molecule has 0 spiro atoms. The quantitative estimate of drug-likeness (QED) is 0.649. The molecule has 1 fully saturated rings. The Morgan fingerprint density at radius 2 is 1.61 bits per heavy atom. The fraction of sp³-hybridized carbons (Fsp3) is 0.385. The lowest BCUT2D eigenvalue weighted by molar-refractivity contribution is -0.131. The number of nitrogens with one attached hydrogen (secondary N) is 1. The van der Waals surface area contributed by atoms with Crippen LogP contribution >= 0.6 is 0 Å². The van der Waals surface area contributed by atoms with Gasteiger partial charge in [-0.15, -0.1) is 0 Å². The van der Waals surface area contributed by atoms with Crippen molar-refractivity contribution in [3.05, 3.63) is 65.7 Å². The van der Waals surface area contributed by atoms with Crippen molar-refractivity contribution in [2.45, 2.75) is 39.5 Å².